The number of carbonyl (C=O) groups excluding carboxylic acids is 1. The van der Waals surface area contributed by atoms with Crippen LogP contribution in [0.5, 0.6) is 0 Å². The van der Waals surface area contributed by atoms with Crippen LogP contribution in [-0.4, -0.2) is 23.1 Å². The molecule has 0 radical (unpaired) electrons. The molecule has 3 nitrogen and oxygen atoms in total. The van der Waals surface area contributed by atoms with Crippen LogP contribution in [-0.2, 0) is 9.63 Å². The molecule has 88 valence electrons. The lowest BCUT2D eigenvalue weighted by atomic mass is 10.0. The van der Waals surface area contributed by atoms with Crippen LogP contribution in [0.2, 0.25) is 0 Å². The van der Waals surface area contributed by atoms with E-state index in [4.69, 9.17) is 4.84 Å². The van der Waals surface area contributed by atoms with Gasteiger partial charge in [0.15, 0.2) is 0 Å². The smallest absolute Gasteiger partial charge is 0.243 e. The van der Waals surface area contributed by atoms with Gasteiger partial charge in [0, 0.05) is 6.92 Å². The Bertz CT molecular complexity index is 206. The summed E-state index contributed by atoms with van der Waals surface area (Å²) in [6, 6.07) is 0.249. The molecule has 1 saturated heterocycles. The number of carbonyl (C=O) groups is 1. The Balaban J connectivity index is 2.20. The monoisotopic (exact) mass is 213 g/mol. The van der Waals surface area contributed by atoms with Crippen molar-refractivity contribution in [3.05, 3.63) is 0 Å². The van der Waals surface area contributed by atoms with Gasteiger partial charge in [-0.2, -0.15) is 0 Å². The molecule has 0 aromatic heterocycles. The van der Waals surface area contributed by atoms with Gasteiger partial charge in [0.1, 0.15) is 0 Å². The highest BCUT2D eigenvalue weighted by atomic mass is 16.7. The molecular weight excluding hydrogens is 190 g/mol. The van der Waals surface area contributed by atoms with Crippen molar-refractivity contribution >= 4 is 5.91 Å². The summed E-state index contributed by atoms with van der Waals surface area (Å²) < 4.78 is 0. The van der Waals surface area contributed by atoms with Crippen LogP contribution in [0.4, 0.5) is 0 Å². The summed E-state index contributed by atoms with van der Waals surface area (Å²) in [7, 11) is 0. The quantitative estimate of drug-likeness (QED) is 0.657. The second-order valence-corrected chi connectivity index (χ2v) is 4.51. The molecule has 1 fully saturated rings. The molecule has 0 aromatic carbocycles. The largest absolute Gasteiger partial charge is 0.273 e. The van der Waals surface area contributed by atoms with E-state index in [0.717, 1.165) is 12.8 Å². The summed E-state index contributed by atoms with van der Waals surface area (Å²) in [6.07, 6.45) is 7.42. The molecule has 0 aliphatic carbocycles. The Labute approximate surface area is 92.7 Å². The molecule has 0 N–H and O–H groups in total. The summed E-state index contributed by atoms with van der Waals surface area (Å²) in [5.41, 5.74) is 0. The van der Waals surface area contributed by atoms with E-state index in [1.807, 2.05) is 6.92 Å². The normalized spacial score (nSPS) is 25.9. The van der Waals surface area contributed by atoms with Gasteiger partial charge >= 0.3 is 0 Å². The predicted octanol–water partition coefficient (Wildman–Crippen LogP) is 2.90. The van der Waals surface area contributed by atoms with Gasteiger partial charge in [-0.15, -0.1) is 0 Å². The van der Waals surface area contributed by atoms with E-state index in [1.54, 1.807) is 6.92 Å². The third kappa shape index (κ3) is 3.82. The van der Waals surface area contributed by atoms with Gasteiger partial charge in [0.25, 0.3) is 0 Å². The Morgan fingerprint density at radius 1 is 1.40 bits per heavy atom. The standard InChI is InChI=1S/C12H23NO2/c1-4-5-6-7-8-12-9-10(2)13(15-12)11(3)14/h10,12H,4-9H2,1-3H3/t10-,12+/m0/s1. The maximum atomic E-state index is 11.2. The molecular formula is C12H23NO2. The molecule has 15 heavy (non-hydrogen) atoms. The number of rotatable bonds is 5. The summed E-state index contributed by atoms with van der Waals surface area (Å²) in [5, 5.41) is 1.53. The third-order valence-corrected chi connectivity index (χ3v) is 2.96. The minimum absolute atomic E-state index is 0.0264. The van der Waals surface area contributed by atoms with Crippen molar-refractivity contribution in [2.45, 2.75) is 71.4 Å². The van der Waals surface area contributed by atoms with E-state index >= 15 is 0 Å². The second-order valence-electron chi connectivity index (χ2n) is 4.51. The molecule has 1 aliphatic rings. The molecule has 0 bridgehead atoms. The van der Waals surface area contributed by atoms with Crippen molar-refractivity contribution in [3.63, 3.8) is 0 Å². The fourth-order valence-corrected chi connectivity index (χ4v) is 2.14. The maximum Gasteiger partial charge on any atom is 0.243 e. The van der Waals surface area contributed by atoms with Gasteiger partial charge in [-0.1, -0.05) is 32.6 Å². The lowest BCUT2D eigenvalue weighted by Gasteiger charge is -2.17. The van der Waals surface area contributed by atoms with Crippen molar-refractivity contribution < 1.29 is 9.63 Å². The third-order valence-electron chi connectivity index (χ3n) is 2.96. The van der Waals surface area contributed by atoms with Gasteiger partial charge in [0.05, 0.1) is 12.1 Å². The molecule has 0 spiro atoms. The molecule has 1 heterocycles. The van der Waals surface area contributed by atoms with Crippen molar-refractivity contribution in [1.82, 2.24) is 5.06 Å². The Kier molecular flexibility index (Phi) is 5.09. The van der Waals surface area contributed by atoms with Gasteiger partial charge in [-0.25, -0.2) is 5.06 Å². The van der Waals surface area contributed by atoms with E-state index < -0.39 is 0 Å². The summed E-state index contributed by atoms with van der Waals surface area (Å²) in [4.78, 5) is 16.8. The van der Waals surface area contributed by atoms with Crippen LogP contribution in [0.1, 0.15) is 59.3 Å². The zero-order valence-corrected chi connectivity index (χ0v) is 10.2. The van der Waals surface area contributed by atoms with Crippen LogP contribution in [0.3, 0.4) is 0 Å². The topological polar surface area (TPSA) is 29.5 Å². The number of unbranched alkanes of at least 4 members (excludes halogenated alkanes) is 3. The van der Waals surface area contributed by atoms with Crippen LogP contribution in [0.25, 0.3) is 0 Å². The van der Waals surface area contributed by atoms with E-state index in [-0.39, 0.29) is 18.1 Å². The fourth-order valence-electron chi connectivity index (χ4n) is 2.14. The highest BCUT2D eigenvalue weighted by Gasteiger charge is 2.31. The van der Waals surface area contributed by atoms with Gasteiger partial charge in [-0.05, 0) is 19.8 Å². The fraction of sp³-hybridized carbons (Fsp3) is 0.917. The summed E-state index contributed by atoms with van der Waals surface area (Å²) in [5.74, 6) is 0.0264. The van der Waals surface area contributed by atoms with Gasteiger partial charge in [0.2, 0.25) is 5.91 Å². The molecule has 3 heteroatoms. The molecule has 1 rings (SSSR count). The van der Waals surface area contributed by atoms with Crippen molar-refractivity contribution in [1.29, 1.82) is 0 Å². The van der Waals surface area contributed by atoms with Crippen LogP contribution < -0.4 is 0 Å². The zero-order valence-electron chi connectivity index (χ0n) is 10.2. The molecule has 0 aromatic rings. The number of hydroxylamine groups is 2. The minimum atomic E-state index is 0.0264. The van der Waals surface area contributed by atoms with Crippen molar-refractivity contribution in [2.75, 3.05) is 0 Å². The van der Waals surface area contributed by atoms with Crippen LogP contribution in [0, 0.1) is 0 Å². The minimum Gasteiger partial charge on any atom is -0.273 e. The van der Waals surface area contributed by atoms with Crippen LogP contribution >= 0.6 is 0 Å². The summed E-state index contributed by atoms with van der Waals surface area (Å²) >= 11 is 0. The van der Waals surface area contributed by atoms with Gasteiger partial charge < -0.3 is 0 Å². The van der Waals surface area contributed by atoms with E-state index in [0.29, 0.717) is 0 Å². The first-order valence-corrected chi connectivity index (χ1v) is 6.11. The molecule has 2 atom stereocenters. The SMILES string of the molecule is CCCCCC[C@@H]1C[C@H](C)N(C(C)=O)O1. The average Bonchev–Trinajstić information content (AvgIpc) is 2.55. The zero-order chi connectivity index (χ0) is 11.3. The maximum absolute atomic E-state index is 11.2. The molecule has 1 aliphatic heterocycles. The highest BCUT2D eigenvalue weighted by Crippen LogP contribution is 2.24. The molecule has 1 amide bonds. The van der Waals surface area contributed by atoms with Crippen molar-refractivity contribution in [2.24, 2.45) is 0 Å². The number of hydrogen-bond donors (Lipinski definition) is 0. The van der Waals surface area contributed by atoms with Gasteiger partial charge in [-0.3, -0.25) is 9.63 Å². The lowest BCUT2D eigenvalue weighted by molar-refractivity contribution is -0.185. The number of hydrogen-bond acceptors (Lipinski definition) is 2. The van der Waals surface area contributed by atoms with Crippen molar-refractivity contribution in [3.8, 4) is 0 Å². The van der Waals surface area contributed by atoms with E-state index in [9.17, 15) is 4.79 Å². The second kappa shape index (κ2) is 6.11. The first kappa shape index (κ1) is 12.5. The molecule has 0 unspecified atom stereocenters. The molecule has 0 saturated carbocycles. The Morgan fingerprint density at radius 2 is 2.13 bits per heavy atom. The Morgan fingerprint density at radius 3 is 2.67 bits per heavy atom. The predicted molar refractivity (Wildman–Crippen MR) is 60.2 cm³/mol. The number of amides is 1. The first-order valence-electron chi connectivity index (χ1n) is 6.11. The highest BCUT2D eigenvalue weighted by molar-refractivity contribution is 5.72. The lowest BCUT2D eigenvalue weighted by Crippen LogP contribution is -2.30. The Hall–Kier alpha value is -0.570. The first-order chi connectivity index (χ1) is 7.15. The van der Waals surface area contributed by atoms with E-state index in [2.05, 4.69) is 6.92 Å². The summed E-state index contributed by atoms with van der Waals surface area (Å²) in [6.45, 7) is 5.83. The van der Waals surface area contributed by atoms with Crippen LogP contribution in [0.15, 0.2) is 0 Å². The average molecular weight is 213 g/mol. The number of nitrogens with zero attached hydrogens (tertiary/aromatic N) is 1. The van der Waals surface area contributed by atoms with E-state index in [1.165, 1.54) is 30.7 Å².